The molecule has 0 aliphatic heterocycles. The lowest BCUT2D eigenvalue weighted by Crippen LogP contribution is -2.23. The van der Waals surface area contributed by atoms with Crippen LogP contribution in [0.15, 0.2) is 42.5 Å². The van der Waals surface area contributed by atoms with Gasteiger partial charge in [-0.25, -0.2) is 0 Å². The number of anilines is 1. The van der Waals surface area contributed by atoms with Gasteiger partial charge in [0.15, 0.2) is 11.5 Å². The van der Waals surface area contributed by atoms with E-state index >= 15 is 0 Å². The Balaban J connectivity index is 1.92. The van der Waals surface area contributed by atoms with Crippen molar-refractivity contribution < 1.29 is 19.0 Å². The minimum Gasteiger partial charge on any atom is -0.493 e. The first kappa shape index (κ1) is 20.6. The topological polar surface area (TPSA) is 48.0 Å². The van der Waals surface area contributed by atoms with E-state index in [1.54, 1.807) is 14.2 Å². The smallest absolute Gasteiger partial charge is 0.306 e. The van der Waals surface area contributed by atoms with Crippen LogP contribution in [0.2, 0.25) is 0 Å². The van der Waals surface area contributed by atoms with Gasteiger partial charge in [0.25, 0.3) is 0 Å². The molecule has 0 saturated heterocycles. The van der Waals surface area contributed by atoms with Crippen LogP contribution in [0.5, 0.6) is 11.5 Å². The highest BCUT2D eigenvalue weighted by atomic mass is 16.5. The fourth-order valence-corrected chi connectivity index (χ4v) is 3.02. The highest BCUT2D eigenvalue weighted by Gasteiger charge is 2.11. The molecule has 0 fully saturated rings. The third-order valence-electron chi connectivity index (χ3n) is 4.55. The summed E-state index contributed by atoms with van der Waals surface area (Å²) in [6.45, 7) is 6.36. The van der Waals surface area contributed by atoms with Crippen LogP contribution in [0, 0.1) is 0 Å². The maximum atomic E-state index is 12.2. The lowest BCUT2D eigenvalue weighted by molar-refractivity contribution is -0.144. The second-order valence-corrected chi connectivity index (χ2v) is 6.15. The molecule has 0 aromatic heterocycles. The molecule has 0 heterocycles. The first-order valence-electron chi connectivity index (χ1n) is 9.32. The van der Waals surface area contributed by atoms with Gasteiger partial charge in [-0.1, -0.05) is 24.3 Å². The number of rotatable bonds is 10. The molecule has 27 heavy (non-hydrogen) atoms. The number of benzene rings is 2. The number of nitrogens with zero attached hydrogens (tertiary/aromatic N) is 1. The molecule has 0 aliphatic carbocycles. The molecular formula is C22H29NO4. The lowest BCUT2D eigenvalue weighted by atomic mass is 10.1. The lowest BCUT2D eigenvalue weighted by Gasteiger charge is -2.24. The van der Waals surface area contributed by atoms with Gasteiger partial charge >= 0.3 is 5.97 Å². The first-order chi connectivity index (χ1) is 13.1. The maximum Gasteiger partial charge on any atom is 0.306 e. The van der Waals surface area contributed by atoms with Gasteiger partial charge in [0.05, 0.1) is 14.2 Å². The fraction of sp³-hybridized carbons (Fsp3) is 0.409. The van der Waals surface area contributed by atoms with Gasteiger partial charge in [0.1, 0.15) is 6.61 Å². The number of methoxy groups -OCH3 is 2. The highest BCUT2D eigenvalue weighted by molar-refractivity contribution is 5.70. The molecule has 5 nitrogen and oxygen atoms in total. The number of carbonyl (C=O) groups is 1. The van der Waals surface area contributed by atoms with E-state index in [1.165, 1.54) is 0 Å². The molecule has 2 rings (SSSR count). The molecule has 0 spiro atoms. The molecule has 0 atom stereocenters. The van der Waals surface area contributed by atoms with Crippen molar-refractivity contribution >= 4 is 11.7 Å². The summed E-state index contributed by atoms with van der Waals surface area (Å²) >= 11 is 0. The van der Waals surface area contributed by atoms with E-state index in [1.807, 2.05) is 36.4 Å². The van der Waals surface area contributed by atoms with Crippen LogP contribution in [0.4, 0.5) is 5.69 Å². The molecule has 5 heteroatoms. The molecule has 0 saturated carbocycles. The quantitative estimate of drug-likeness (QED) is 0.585. The van der Waals surface area contributed by atoms with E-state index in [0.717, 1.165) is 29.9 Å². The van der Waals surface area contributed by atoms with Crippen molar-refractivity contribution in [2.75, 3.05) is 32.2 Å². The van der Waals surface area contributed by atoms with Gasteiger partial charge in [0.2, 0.25) is 0 Å². The first-order valence-corrected chi connectivity index (χ1v) is 9.32. The van der Waals surface area contributed by atoms with Gasteiger partial charge in [-0.3, -0.25) is 4.79 Å². The summed E-state index contributed by atoms with van der Waals surface area (Å²) in [4.78, 5) is 14.5. The van der Waals surface area contributed by atoms with Crippen LogP contribution in [-0.2, 0) is 22.6 Å². The van der Waals surface area contributed by atoms with Crippen LogP contribution < -0.4 is 14.4 Å². The summed E-state index contributed by atoms with van der Waals surface area (Å²) in [7, 11) is 3.20. The molecule has 0 unspecified atom stereocenters. The zero-order valence-corrected chi connectivity index (χ0v) is 16.7. The van der Waals surface area contributed by atoms with Crippen LogP contribution >= 0.6 is 0 Å². The predicted molar refractivity (Wildman–Crippen MR) is 108 cm³/mol. The third-order valence-corrected chi connectivity index (χ3v) is 4.55. The Labute approximate surface area is 161 Å². The number of aryl methyl sites for hydroxylation is 1. The van der Waals surface area contributed by atoms with Crippen molar-refractivity contribution in [2.45, 2.75) is 33.3 Å². The molecule has 2 aromatic carbocycles. The zero-order chi connectivity index (χ0) is 19.6. The SMILES string of the molecule is CCN(CC)c1ccccc1COC(=O)CCc1ccc(OC)c(OC)c1. The van der Waals surface area contributed by atoms with Crippen LogP contribution in [0.25, 0.3) is 0 Å². The number of hydrogen-bond acceptors (Lipinski definition) is 5. The van der Waals surface area contributed by atoms with Crippen molar-refractivity contribution in [1.29, 1.82) is 0 Å². The summed E-state index contributed by atoms with van der Waals surface area (Å²) in [6.07, 6.45) is 0.916. The summed E-state index contributed by atoms with van der Waals surface area (Å²) < 4.78 is 16.0. The summed E-state index contributed by atoms with van der Waals surface area (Å²) in [6, 6.07) is 13.7. The minimum absolute atomic E-state index is 0.209. The molecule has 0 amide bonds. The highest BCUT2D eigenvalue weighted by Crippen LogP contribution is 2.28. The molecule has 2 aromatic rings. The molecule has 146 valence electrons. The Morgan fingerprint density at radius 3 is 2.33 bits per heavy atom. The number of para-hydroxylation sites is 1. The number of carbonyl (C=O) groups excluding carboxylic acids is 1. The second-order valence-electron chi connectivity index (χ2n) is 6.15. The van der Waals surface area contributed by atoms with E-state index in [4.69, 9.17) is 14.2 Å². The van der Waals surface area contributed by atoms with E-state index in [-0.39, 0.29) is 12.6 Å². The second kappa shape index (κ2) is 10.5. The normalized spacial score (nSPS) is 10.4. The Bertz CT molecular complexity index is 741. The van der Waals surface area contributed by atoms with Gasteiger partial charge < -0.3 is 19.1 Å². The Hall–Kier alpha value is -2.69. The molecule has 0 bridgehead atoms. The average molecular weight is 371 g/mol. The van der Waals surface area contributed by atoms with Crippen LogP contribution in [0.1, 0.15) is 31.4 Å². The summed E-state index contributed by atoms with van der Waals surface area (Å²) in [5.41, 5.74) is 3.16. The largest absolute Gasteiger partial charge is 0.493 e. The van der Waals surface area contributed by atoms with Crippen molar-refractivity contribution in [3.8, 4) is 11.5 Å². The Morgan fingerprint density at radius 2 is 1.67 bits per heavy atom. The molecular weight excluding hydrogens is 342 g/mol. The predicted octanol–water partition coefficient (Wildman–Crippen LogP) is 4.23. The van der Waals surface area contributed by atoms with Crippen molar-refractivity contribution in [3.05, 3.63) is 53.6 Å². The van der Waals surface area contributed by atoms with Crippen molar-refractivity contribution in [1.82, 2.24) is 0 Å². The Kier molecular flexibility index (Phi) is 7.99. The molecule has 0 N–H and O–H groups in total. The van der Waals surface area contributed by atoms with E-state index in [0.29, 0.717) is 24.3 Å². The van der Waals surface area contributed by atoms with Gasteiger partial charge in [-0.15, -0.1) is 0 Å². The van der Waals surface area contributed by atoms with Crippen molar-refractivity contribution in [2.24, 2.45) is 0 Å². The average Bonchev–Trinajstić information content (AvgIpc) is 2.72. The van der Waals surface area contributed by atoms with Gasteiger partial charge in [-0.05, 0) is 44.0 Å². The third kappa shape index (κ3) is 5.64. The summed E-state index contributed by atoms with van der Waals surface area (Å²) in [5.74, 6) is 1.13. The molecule has 0 aliphatic rings. The fourth-order valence-electron chi connectivity index (χ4n) is 3.02. The monoisotopic (exact) mass is 371 g/mol. The standard InChI is InChI=1S/C22H29NO4/c1-5-23(6-2)19-10-8-7-9-18(19)16-27-22(24)14-12-17-11-13-20(25-3)21(15-17)26-4/h7-11,13,15H,5-6,12,14,16H2,1-4H3. The Morgan fingerprint density at radius 1 is 0.963 bits per heavy atom. The van der Waals surface area contributed by atoms with Gasteiger partial charge in [-0.2, -0.15) is 0 Å². The van der Waals surface area contributed by atoms with Crippen molar-refractivity contribution in [3.63, 3.8) is 0 Å². The van der Waals surface area contributed by atoms with E-state index in [2.05, 4.69) is 24.8 Å². The van der Waals surface area contributed by atoms with Gasteiger partial charge in [0, 0.05) is 30.8 Å². The number of hydrogen-bond donors (Lipinski definition) is 0. The number of esters is 1. The maximum absolute atomic E-state index is 12.2. The van der Waals surface area contributed by atoms with E-state index in [9.17, 15) is 4.79 Å². The van der Waals surface area contributed by atoms with Crippen LogP contribution in [-0.4, -0.2) is 33.3 Å². The number of ether oxygens (including phenoxy) is 3. The zero-order valence-electron chi connectivity index (χ0n) is 16.7. The van der Waals surface area contributed by atoms with E-state index < -0.39 is 0 Å². The summed E-state index contributed by atoms with van der Waals surface area (Å²) in [5, 5.41) is 0. The minimum atomic E-state index is -0.209. The molecule has 0 radical (unpaired) electrons. The van der Waals surface area contributed by atoms with Crippen LogP contribution in [0.3, 0.4) is 0 Å².